The fraction of sp³-hybridized carbons (Fsp3) is 0.182. The fourth-order valence-corrected chi connectivity index (χ4v) is 4.75. The minimum absolute atomic E-state index is 1.08. The highest BCUT2D eigenvalue weighted by Crippen LogP contribution is 2.42. The third-order valence-electron chi connectivity index (χ3n) is 4.75. The van der Waals surface area contributed by atoms with Crippen molar-refractivity contribution in [1.82, 2.24) is 0 Å². The molecule has 0 aliphatic carbocycles. The monoisotopic (exact) mass is 331 g/mol. The van der Waals surface area contributed by atoms with Gasteiger partial charge in [0.1, 0.15) is 0 Å². The van der Waals surface area contributed by atoms with Crippen LogP contribution in [0.2, 0.25) is 0 Å². The van der Waals surface area contributed by atoms with Crippen molar-refractivity contribution in [3.63, 3.8) is 0 Å². The summed E-state index contributed by atoms with van der Waals surface area (Å²) in [5.74, 6) is 0. The molecule has 0 atom stereocenters. The molecule has 1 heterocycles. The van der Waals surface area contributed by atoms with E-state index in [2.05, 4.69) is 86.5 Å². The van der Waals surface area contributed by atoms with E-state index in [1.807, 2.05) is 11.3 Å². The van der Waals surface area contributed by atoms with Gasteiger partial charge in [-0.05, 0) is 37.1 Å². The number of hydrogen-bond donors (Lipinski definition) is 0. The summed E-state index contributed by atoms with van der Waals surface area (Å²) in [6.07, 6.45) is 1.08. The zero-order valence-electron chi connectivity index (χ0n) is 14.3. The van der Waals surface area contributed by atoms with Crippen LogP contribution in [0, 0.1) is 6.92 Å². The molecule has 0 bridgehead atoms. The van der Waals surface area contributed by atoms with Gasteiger partial charge in [-0.2, -0.15) is 0 Å². The molecule has 0 saturated carbocycles. The number of anilines is 2. The Morgan fingerprint density at radius 2 is 1.50 bits per heavy atom. The van der Waals surface area contributed by atoms with Crippen LogP contribution in [-0.4, -0.2) is 7.05 Å². The van der Waals surface area contributed by atoms with Gasteiger partial charge in [0.15, 0.2) is 0 Å². The molecule has 1 aromatic heterocycles. The van der Waals surface area contributed by atoms with Gasteiger partial charge in [0, 0.05) is 28.2 Å². The van der Waals surface area contributed by atoms with Gasteiger partial charge in [-0.1, -0.05) is 55.0 Å². The number of benzene rings is 3. The van der Waals surface area contributed by atoms with E-state index in [4.69, 9.17) is 0 Å². The highest BCUT2D eigenvalue weighted by molar-refractivity contribution is 7.26. The molecule has 0 N–H and O–H groups in total. The number of thiophene rings is 1. The lowest BCUT2D eigenvalue weighted by Crippen LogP contribution is -2.09. The predicted octanol–water partition coefficient (Wildman–Crippen LogP) is 6.69. The van der Waals surface area contributed by atoms with Crippen molar-refractivity contribution in [2.24, 2.45) is 0 Å². The van der Waals surface area contributed by atoms with E-state index >= 15 is 0 Å². The molecule has 4 rings (SSSR count). The van der Waals surface area contributed by atoms with Crippen molar-refractivity contribution in [2.75, 3.05) is 11.9 Å². The molecular weight excluding hydrogens is 310 g/mol. The second-order valence-corrected chi connectivity index (χ2v) is 7.32. The van der Waals surface area contributed by atoms with Crippen molar-refractivity contribution in [2.45, 2.75) is 20.3 Å². The smallest absolute Gasteiger partial charge is 0.0592 e. The summed E-state index contributed by atoms with van der Waals surface area (Å²) in [6.45, 7) is 4.36. The summed E-state index contributed by atoms with van der Waals surface area (Å²) in [5, 5.41) is 2.75. The highest BCUT2D eigenvalue weighted by Gasteiger charge is 2.14. The lowest BCUT2D eigenvalue weighted by atomic mass is 10.1. The molecule has 2 heteroatoms. The Labute approximate surface area is 147 Å². The predicted molar refractivity (Wildman–Crippen MR) is 108 cm³/mol. The van der Waals surface area contributed by atoms with Gasteiger partial charge in [-0.25, -0.2) is 0 Å². The largest absolute Gasteiger partial charge is 0.343 e. The van der Waals surface area contributed by atoms with Gasteiger partial charge in [-0.15, -0.1) is 11.3 Å². The maximum absolute atomic E-state index is 2.29. The van der Waals surface area contributed by atoms with E-state index in [0.29, 0.717) is 0 Å². The average molecular weight is 331 g/mol. The minimum atomic E-state index is 1.08. The third kappa shape index (κ3) is 2.38. The molecule has 0 radical (unpaired) electrons. The number of aryl methyl sites for hydroxylation is 2. The van der Waals surface area contributed by atoms with Crippen molar-refractivity contribution < 1.29 is 0 Å². The second kappa shape index (κ2) is 5.95. The number of fused-ring (bicyclic) bond motifs is 3. The average Bonchev–Trinajstić information content (AvgIpc) is 3.00. The van der Waals surface area contributed by atoms with Crippen LogP contribution in [0.3, 0.4) is 0 Å². The molecule has 0 amide bonds. The van der Waals surface area contributed by atoms with Crippen LogP contribution < -0.4 is 4.90 Å². The van der Waals surface area contributed by atoms with Gasteiger partial charge < -0.3 is 4.90 Å². The maximum Gasteiger partial charge on any atom is 0.0592 e. The van der Waals surface area contributed by atoms with Gasteiger partial charge >= 0.3 is 0 Å². The van der Waals surface area contributed by atoms with Crippen molar-refractivity contribution in [3.05, 3.63) is 71.8 Å². The first-order chi connectivity index (χ1) is 11.7. The van der Waals surface area contributed by atoms with E-state index in [-0.39, 0.29) is 0 Å². The van der Waals surface area contributed by atoms with Crippen LogP contribution in [0.15, 0.2) is 60.7 Å². The molecule has 0 spiro atoms. The van der Waals surface area contributed by atoms with Crippen LogP contribution in [0.1, 0.15) is 18.1 Å². The molecule has 0 aliphatic rings. The third-order valence-corrected chi connectivity index (χ3v) is 6.07. The zero-order valence-corrected chi connectivity index (χ0v) is 15.2. The summed E-state index contributed by atoms with van der Waals surface area (Å²) < 4.78 is 2.80. The Morgan fingerprint density at radius 1 is 0.833 bits per heavy atom. The molecular formula is C22H21NS. The highest BCUT2D eigenvalue weighted by atomic mass is 32.1. The standard InChI is InChI=1S/C22H21NS/c1-4-16-7-5-8-18-19-9-6-10-20(22(19)24-21(16)18)23(3)17-13-11-15(2)12-14-17/h5-14H,4H2,1-3H3. The quantitative estimate of drug-likeness (QED) is 0.404. The van der Waals surface area contributed by atoms with Gasteiger partial charge in [0.2, 0.25) is 0 Å². The molecule has 0 unspecified atom stereocenters. The van der Waals surface area contributed by atoms with E-state index in [9.17, 15) is 0 Å². The summed E-state index contributed by atoms with van der Waals surface area (Å²) in [5.41, 5.74) is 5.23. The molecule has 0 saturated heterocycles. The first kappa shape index (κ1) is 15.2. The Bertz CT molecular complexity index is 1010. The molecule has 24 heavy (non-hydrogen) atoms. The fourth-order valence-electron chi connectivity index (χ4n) is 3.31. The minimum Gasteiger partial charge on any atom is -0.343 e. The summed E-state index contributed by atoms with van der Waals surface area (Å²) >= 11 is 1.92. The first-order valence-corrected chi connectivity index (χ1v) is 9.24. The number of hydrogen-bond acceptors (Lipinski definition) is 2. The zero-order chi connectivity index (χ0) is 16.7. The lowest BCUT2D eigenvalue weighted by Gasteiger charge is -2.20. The molecule has 4 aromatic rings. The van der Waals surface area contributed by atoms with Crippen LogP contribution in [0.5, 0.6) is 0 Å². The molecule has 0 aliphatic heterocycles. The van der Waals surface area contributed by atoms with E-state index in [0.717, 1.165) is 6.42 Å². The normalized spacial score (nSPS) is 11.3. The van der Waals surface area contributed by atoms with Crippen molar-refractivity contribution in [3.8, 4) is 0 Å². The maximum atomic E-state index is 2.29. The van der Waals surface area contributed by atoms with Gasteiger partial charge in [0.05, 0.1) is 10.4 Å². The van der Waals surface area contributed by atoms with Crippen LogP contribution in [-0.2, 0) is 6.42 Å². The summed E-state index contributed by atoms with van der Waals surface area (Å²) in [7, 11) is 2.16. The van der Waals surface area contributed by atoms with Crippen LogP contribution in [0.4, 0.5) is 11.4 Å². The van der Waals surface area contributed by atoms with Crippen LogP contribution >= 0.6 is 11.3 Å². The summed E-state index contributed by atoms with van der Waals surface area (Å²) in [4.78, 5) is 2.29. The lowest BCUT2D eigenvalue weighted by molar-refractivity contribution is 1.16. The topological polar surface area (TPSA) is 3.24 Å². The molecule has 0 fully saturated rings. The first-order valence-electron chi connectivity index (χ1n) is 8.42. The number of nitrogens with zero attached hydrogens (tertiary/aromatic N) is 1. The number of rotatable bonds is 3. The SMILES string of the molecule is CCc1cccc2c1sc1c(N(C)c3ccc(C)cc3)cccc12. The Kier molecular flexibility index (Phi) is 3.78. The van der Waals surface area contributed by atoms with E-state index in [1.54, 1.807) is 0 Å². The Balaban J connectivity index is 1.94. The summed E-state index contributed by atoms with van der Waals surface area (Å²) in [6, 6.07) is 22.1. The van der Waals surface area contributed by atoms with Gasteiger partial charge in [-0.3, -0.25) is 0 Å². The van der Waals surface area contributed by atoms with Crippen LogP contribution in [0.25, 0.3) is 20.2 Å². The van der Waals surface area contributed by atoms with Crippen molar-refractivity contribution in [1.29, 1.82) is 0 Å². The van der Waals surface area contributed by atoms with Crippen molar-refractivity contribution >= 4 is 42.9 Å². The van der Waals surface area contributed by atoms with Gasteiger partial charge in [0.25, 0.3) is 0 Å². The second-order valence-electron chi connectivity index (χ2n) is 6.30. The Hall–Kier alpha value is -2.32. The molecule has 1 nitrogen and oxygen atoms in total. The van der Waals surface area contributed by atoms with E-state index < -0.39 is 0 Å². The Morgan fingerprint density at radius 3 is 2.21 bits per heavy atom. The molecule has 3 aromatic carbocycles. The molecule has 120 valence electrons. The van der Waals surface area contributed by atoms with E-state index in [1.165, 1.54) is 42.7 Å².